The van der Waals surface area contributed by atoms with Crippen LogP contribution < -0.4 is 9.80 Å². The van der Waals surface area contributed by atoms with E-state index in [0.717, 1.165) is 17.8 Å². The highest BCUT2D eigenvalue weighted by molar-refractivity contribution is 7.91. The maximum Gasteiger partial charge on any atom is 0.260 e. The van der Waals surface area contributed by atoms with Crippen LogP contribution >= 0.6 is 11.3 Å². The van der Waals surface area contributed by atoms with E-state index in [9.17, 15) is 18.0 Å². The van der Waals surface area contributed by atoms with Crippen LogP contribution in [-0.2, 0) is 14.6 Å². The Morgan fingerprint density at radius 2 is 1.76 bits per heavy atom. The smallest absolute Gasteiger partial charge is 0.260 e. The molecule has 0 unspecified atom stereocenters. The number of aromatic nitrogens is 2. The molecule has 0 N–H and O–H groups in total. The Labute approximate surface area is 203 Å². The minimum atomic E-state index is -3.34. The molecule has 1 heterocycles. The molecule has 0 saturated heterocycles. The second-order valence-corrected chi connectivity index (χ2v) is 11.5. The highest BCUT2D eigenvalue weighted by Crippen LogP contribution is 2.33. The number of rotatable bonds is 8. The number of carbonyl (C=O) groups is 2. The first-order valence-corrected chi connectivity index (χ1v) is 13.5. The number of hydrogen-bond donors (Lipinski definition) is 0. The molecule has 178 valence electrons. The predicted octanol–water partition coefficient (Wildman–Crippen LogP) is 4.38. The minimum absolute atomic E-state index is 0.162. The molecule has 0 bridgehead atoms. The fraction of sp³-hybridized carbons (Fsp3) is 0.333. The third-order valence-corrected chi connectivity index (χ3v) is 8.34. The fourth-order valence-corrected chi connectivity index (χ4v) is 6.15. The molecule has 8 nitrogen and oxygen atoms in total. The molecule has 1 aliphatic rings. The van der Waals surface area contributed by atoms with Gasteiger partial charge in [0.05, 0.1) is 10.6 Å². The second kappa shape index (κ2) is 9.63. The number of benzene rings is 2. The monoisotopic (exact) mass is 498 g/mol. The van der Waals surface area contributed by atoms with E-state index >= 15 is 0 Å². The average molecular weight is 499 g/mol. The van der Waals surface area contributed by atoms with E-state index in [0.29, 0.717) is 28.6 Å². The summed E-state index contributed by atoms with van der Waals surface area (Å²) in [5.41, 5.74) is 1.44. The average Bonchev–Trinajstić information content (AvgIpc) is 3.51. The topological polar surface area (TPSA) is 101 Å². The Morgan fingerprint density at radius 3 is 2.32 bits per heavy atom. The molecule has 34 heavy (non-hydrogen) atoms. The lowest BCUT2D eigenvalue weighted by Gasteiger charge is -2.23. The van der Waals surface area contributed by atoms with Crippen LogP contribution in [0.2, 0.25) is 0 Å². The lowest BCUT2D eigenvalue weighted by Crippen LogP contribution is -2.31. The van der Waals surface area contributed by atoms with Gasteiger partial charge in [-0.1, -0.05) is 17.4 Å². The van der Waals surface area contributed by atoms with Gasteiger partial charge in [-0.05, 0) is 75.1 Å². The van der Waals surface area contributed by atoms with E-state index in [1.807, 2.05) is 13.8 Å². The van der Waals surface area contributed by atoms with E-state index in [4.69, 9.17) is 0 Å². The quantitative estimate of drug-likeness (QED) is 0.457. The highest BCUT2D eigenvalue weighted by Gasteiger charge is 2.29. The number of hydrogen-bond acceptors (Lipinski definition) is 7. The first kappa shape index (κ1) is 24.0. The Balaban J connectivity index is 1.62. The summed E-state index contributed by atoms with van der Waals surface area (Å²) in [6.07, 6.45) is 1.91. The van der Waals surface area contributed by atoms with Crippen LogP contribution in [0.5, 0.6) is 0 Å². The van der Waals surface area contributed by atoms with E-state index in [-0.39, 0.29) is 28.4 Å². The van der Waals surface area contributed by atoms with Crippen LogP contribution in [0.15, 0.2) is 53.4 Å². The molecule has 1 aromatic heterocycles. The summed E-state index contributed by atoms with van der Waals surface area (Å²) in [5, 5.41) is 9.35. The van der Waals surface area contributed by atoms with Crippen molar-refractivity contribution in [3.05, 3.63) is 59.1 Å². The number of carbonyl (C=O) groups excluding carboxylic acids is 2. The predicted molar refractivity (Wildman–Crippen MR) is 132 cm³/mol. The van der Waals surface area contributed by atoms with Gasteiger partial charge in [-0.3, -0.25) is 19.4 Å². The van der Waals surface area contributed by atoms with Crippen molar-refractivity contribution in [1.82, 2.24) is 10.2 Å². The van der Waals surface area contributed by atoms with E-state index in [1.54, 1.807) is 41.3 Å². The van der Waals surface area contributed by atoms with Gasteiger partial charge in [0.2, 0.25) is 11.0 Å². The third kappa shape index (κ3) is 5.18. The Morgan fingerprint density at radius 1 is 1.06 bits per heavy atom. The first-order chi connectivity index (χ1) is 16.2. The van der Waals surface area contributed by atoms with Gasteiger partial charge in [-0.15, -0.1) is 10.2 Å². The molecule has 1 aliphatic carbocycles. The maximum atomic E-state index is 13.2. The van der Waals surface area contributed by atoms with Crippen molar-refractivity contribution in [3.8, 4) is 0 Å². The van der Waals surface area contributed by atoms with Gasteiger partial charge in [0, 0.05) is 30.4 Å². The molecular formula is C24H26N4O4S2. The van der Waals surface area contributed by atoms with E-state index in [2.05, 4.69) is 10.2 Å². The van der Waals surface area contributed by atoms with Crippen LogP contribution in [-0.4, -0.2) is 42.7 Å². The molecule has 10 heteroatoms. The second-order valence-electron chi connectivity index (χ2n) is 8.28. The third-order valence-electron chi connectivity index (χ3n) is 5.58. The van der Waals surface area contributed by atoms with E-state index < -0.39 is 9.84 Å². The molecule has 0 radical (unpaired) electrons. The highest BCUT2D eigenvalue weighted by atomic mass is 32.2. The van der Waals surface area contributed by atoms with Crippen LogP contribution in [0.4, 0.5) is 16.5 Å². The molecular weight excluding hydrogens is 472 g/mol. The van der Waals surface area contributed by atoms with Crippen molar-refractivity contribution in [2.75, 3.05) is 22.1 Å². The number of anilines is 3. The molecule has 2 amide bonds. The van der Waals surface area contributed by atoms with Gasteiger partial charge >= 0.3 is 0 Å². The van der Waals surface area contributed by atoms with Crippen molar-refractivity contribution in [2.24, 2.45) is 5.92 Å². The van der Waals surface area contributed by atoms with Crippen LogP contribution in [0.3, 0.4) is 0 Å². The molecule has 0 atom stereocenters. The number of amides is 2. The van der Waals surface area contributed by atoms with Crippen LogP contribution in [0.1, 0.15) is 42.1 Å². The minimum Gasteiger partial charge on any atom is -0.283 e. The normalized spacial score (nSPS) is 13.5. The maximum absolute atomic E-state index is 13.2. The summed E-state index contributed by atoms with van der Waals surface area (Å²) >= 11 is 1.34. The van der Waals surface area contributed by atoms with E-state index in [1.165, 1.54) is 35.3 Å². The summed E-state index contributed by atoms with van der Waals surface area (Å²) in [5.74, 6) is -0.0872. The molecule has 0 spiro atoms. The van der Waals surface area contributed by atoms with Crippen molar-refractivity contribution in [3.63, 3.8) is 0 Å². The molecule has 0 aliphatic heterocycles. The summed E-state index contributed by atoms with van der Waals surface area (Å²) in [7, 11) is -3.34. The largest absolute Gasteiger partial charge is 0.283 e. The number of sulfone groups is 1. The summed E-state index contributed by atoms with van der Waals surface area (Å²) in [6, 6.07) is 13.1. The van der Waals surface area contributed by atoms with Gasteiger partial charge in [-0.25, -0.2) is 8.42 Å². The SMILES string of the molecule is CCN(C(=O)c1cccc(N(C(C)=O)c2ccc(S(=O)(=O)CC3CC3)cc2)c1)c1nnc(C)s1. The molecule has 1 fully saturated rings. The molecule has 4 rings (SSSR count). The summed E-state index contributed by atoms with van der Waals surface area (Å²) < 4.78 is 25.1. The summed E-state index contributed by atoms with van der Waals surface area (Å²) in [6.45, 7) is 5.53. The Bertz CT molecular complexity index is 1310. The fourth-order valence-electron chi connectivity index (χ4n) is 3.70. The van der Waals surface area contributed by atoms with Crippen molar-refractivity contribution >= 4 is 49.5 Å². The van der Waals surface area contributed by atoms with Crippen LogP contribution in [0, 0.1) is 12.8 Å². The lowest BCUT2D eigenvalue weighted by atomic mass is 10.1. The zero-order valence-corrected chi connectivity index (χ0v) is 20.9. The molecule has 3 aromatic rings. The van der Waals surface area contributed by atoms with Gasteiger partial charge in [-0.2, -0.15) is 0 Å². The van der Waals surface area contributed by atoms with Crippen molar-refractivity contribution in [2.45, 2.75) is 38.5 Å². The van der Waals surface area contributed by atoms with Crippen molar-refractivity contribution in [1.29, 1.82) is 0 Å². The van der Waals surface area contributed by atoms with Crippen molar-refractivity contribution < 1.29 is 18.0 Å². The standard InChI is InChI=1S/C24H26N4O4S2/c1-4-27(24-26-25-16(2)33-24)23(30)19-6-5-7-21(14-19)28(17(3)29)20-10-12-22(13-11-20)34(31,32)15-18-8-9-18/h5-7,10-14,18H,4,8-9,15H2,1-3H3. The zero-order valence-electron chi connectivity index (χ0n) is 19.3. The molecule has 1 saturated carbocycles. The Hall–Kier alpha value is -3.11. The summed E-state index contributed by atoms with van der Waals surface area (Å²) in [4.78, 5) is 29.0. The van der Waals surface area contributed by atoms with Crippen LogP contribution in [0.25, 0.3) is 0 Å². The number of aryl methyl sites for hydroxylation is 1. The van der Waals surface area contributed by atoms with Gasteiger partial charge < -0.3 is 0 Å². The van der Waals surface area contributed by atoms with Gasteiger partial charge in [0.1, 0.15) is 5.01 Å². The zero-order chi connectivity index (χ0) is 24.5. The number of nitrogens with zero attached hydrogens (tertiary/aromatic N) is 4. The Kier molecular flexibility index (Phi) is 6.81. The molecule has 2 aromatic carbocycles. The first-order valence-electron chi connectivity index (χ1n) is 11.0. The van der Waals surface area contributed by atoms with Gasteiger partial charge in [0.25, 0.3) is 5.91 Å². The van der Waals surface area contributed by atoms with Gasteiger partial charge in [0.15, 0.2) is 9.84 Å². The lowest BCUT2D eigenvalue weighted by molar-refractivity contribution is -0.115.